The number of carbonyl (C=O) groups is 3. The third kappa shape index (κ3) is 5.73. The van der Waals surface area contributed by atoms with Crippen LogP contribution < -0.4 is 5.32 Å². The number of hydrogen-bond donors (Lipinski definition) is 1. The molecule has 2 amide bonds. The van der Waals surface area contributed by atoms with Crippen molar-refractivity contribution in [2.75, 3.05) is 44.6 Å². The quantitative estimate of drug-likeness (QED) is 0.579. The number of amides is 2. The lowest BCUT2D eigenvalue weighted by Gasteiger charge is -2.33. The molecule has 0 spiro atoms. The SMILES string of the molecule is CCOC(=O)c1cccn1S(=O)(=O)c1cc(Cl)ccc1NC(=O)CN1CCN(C(C)=O)CC1. The van der Waals surface area contributed by atoms with Gasteiger partial charge in [0.15, 0.2) is 0 Å². The summed E-state index contributed by atoms with van der Waals surface area (Å²) < 4.78 is 32.5. The monoisotopic (exact) mass is 496 g/mol. The van der Waals surface area contributed by atoms with Crippen LogP contribution in [0.25, 0.3) is 0 Å². The molecule has 1 fully saturated rings. The van der Waals surface area contributed by atoms with Crippen molar-refractivity contribution in [1.82, 2.24) is 13.8 Å². The highest BCUT2D eigenvalue weighted by Gasteiger charge is 2.27. The van der Waals surface area contributed by atoms with E-state index in [2.05, 4.69) is 5.32 Å². The molecule has 0 atom stereocenters. The Balaban J connectivity index is 1.81. The molecule has 0 bridgehead atoms. The molecule has 1 N–H and O–H groups in total. The van der Waals surface area contributed by atoms with E-state index < -0.39 is 21.9 Å². The second-order valence-corrected chi connectivity index (χ2v) is 9.61. The number of esters is 1. The van der Waals surface area contributed by atoms with Gasteiger partial charge in [0.2, 0.25) is 11.8 Å². The lowest BCUT2D eigenvalue weighted by atomic mass is 10.3. The summed E-state index contributed by atoms with van der Waals surface area (Å²) >= 11 is 6.05. The minimum Gasteiger partial charge on any atom is -0.461 e. The van der Waals surface area contributed by atoms with Crippen LogP contribution in [0.4, 0.5) is 5.69 Å². The summed E-state index contributed by atoms with van der Waals surface area (Å²) in [7, 11) is -4.28. The first-order chi connectivity index (χ1) is 15.6. The summed E-state index contributed by atoms with van der Waals surface area (Å²) in [5.74, 6) is -1.21. The maximum atomic E-state index is 13.4. The predicted molar refractivity (Wildman–Crippen MR) is 122 cm³/mol. The van der Waals surface area contributed by atoms with Gasteiger partial charge < -0.3 is 15.0 Å². The van der Waals surface area contributed by atoms with Crippen LogP contribution in [0, 0.1) is 0 Å². The first kappa shape index (κ1) is 24.7. The average molecular weight is 497 g/mol. The van der Waals surface area contributed by atoms with Crippen LogP contribution in [0.15, 0.2) is 41.4 Å². The summed E-state index contributed by atoms with van der Waals surface area (Å²) in [6, 6.07) is 6.82. The molecule has 2 heterocycles. The van der Waals surface area contributed by atoms with Crippen molar-refractivity contribution in [3.63, 3.8) is 0 Å². The van der Waals surface area contributed by atoms with Crippen molar-refractivity contribution in [3.05, 3.63) is 47.2 Å². The van der Waals surface area contributed by atoms with Crippen LogP contribution in [0.3, 0.4) is 0 Å². The smallest absolute Gasteiger partial charge is 0.355 e. The number of piperazine rings is 1. The molecule has 1 aromatic heterocycles. The Kier molecular flexibility index (Phi) is 7.77. The molecule has 10 nitrogen and oxygen atoms in total. The van der Waals surface area contributed by atoms with E-state index in [0.29, 0.717) is 26.2 Å². The van der Waals surface area contributed by atoms with Crippen LogP contribution in [-0.2, 0) is 24.3 Å². The lowest BCUT2D eigenvalue weighted by Crippen LogP contribution is -2.49. The van der Waals surface area contributed by atoms with Gasteiger partial charge in [0.1, 0.15) is 10.6 Å². The number of anilines is 1. The van der Waals surface area contributed by atoms with Crippen molar-refractivity contribution in [2.45, 2.75) is 18.7 Å². The summed E-state index contributed by atoms with van der Waals surface area (Å²) in [6.45, 7) is 5.35. The fraction of sp³-hybridized carbons (Fsp3) is 0.381. The number of nitrogens with one attached hydrogen (secondary N) is 1. The van der Waals surface area contributed by atoms with Gasteiger partial charge in [0.25, 0.3) is 10.0 Å². The number of benzene rings is 1. The highest BCUT2D eigenvalue weighted by Crippen LogP contribution is 2.28. The fourth-order valence-electron chi connectivity index (χ4n) is 3.47. The van der Waals surface area contributed by atoms with E-state index in [9.17, 15) is 22.8 Å². The molecule has 1 aliphatic rings. The Morgan fingerprint density at radius 3 is 2.45 bits per heavy atom. The molecule has 0 radical (unpaired) electrons. The lowest BCUT2D eigenvalue weighted by molar-refractivity contribution is -0.130. The summed E-state index contributed by atoms with van der Waals surface area (Å²) in [6.07, 6.45) is 1.22. The molecule has 1 saturated heterocycles. The van der Waals surface area contributed by atoms with Crippen molar-refractivity contribution in [2.24, 2.45) is 0 Å². The molecular weight excluding hydrogens is 472 g/mol. The number of halogens is 1. The van der Waals surface area contributed by atoms with Crippen LogP contribution in [-0.4, -0.2) is 79.3 Å². The molecule has 0 aliphatic carbocycles. The molecule has 33 heavy (non-hydrogen) atoms. The molecule has 12 heteroatoms. The molecule has 2 aromatic rings. The van der Waals surface area contributed by atoms with Gasteiger partial charge in [0, 0.05) is 44.3 Å². The number of aromatic nitrogens is 1. The standard InChI is InChI=1S/C21H25ClN4O6S/c1-3-32-21(29)18-5-4-8-26(18)33(30,31)19-13-16(22)6-7-17(19)23-20(28)14-24-9-11-25(12-10-24)15(2)27/h4-8,13H,3,9-12,14H2,1-2H3,(H,23,28). The van der Waals surface area contributed by atoms with E-state index in [-0.39, 0.29) is 40.4 Å². The van der Waals surface area contributed by atoms with Crippen molar-refractivity contribution >= 4 is 45.1 Å². The molecule has 178 valence electrons. The largest absolute Gasteiger partial charge is 0.461 e. The van der Waals surface area contributed by atoms with E-state index in [1.54, 1.807) is 11.8 Å². The van der Waals surface area contributed by atoms with Crippen LogP contribution in [0.2, 0.25) is 5.02 Å². The Morgan fingerprint density at radius 1 is 1.12 bits per heavy atom. The molecular formula is C21H25ClN4O6S. The minimum atomic E-state index is -4.28. The number of hydrogen-bond acceptors (Lipinski definition) is 7. The van der Waals surface area contributed by atoms with E-state index >= 15 is 0 Å². The predicted octanol–water partition coefficient (Wildman–Crippen LogP) is 1.66. The Morgan fingerprint density at radius 2 is 1.82 bits per heavy atom. The van der Waals surface area contributed by atoms with Crippen molar-refractivity contribution < 1.29 is 27.5 Å². The zero-order valence-corrected chi connectivity index (χ0v) is 19.9. The summed E-state index contributed by atoms with van der Waals surface area (Å²) in [5, 5.41) is 2.78. The van der Waals surface area contributed by atoms with Crippen LogP contribution in [0.5, 0.6) is 0 Å². The normalized spacial score (nSPS) is 14.7. The first-order valence-corrected chi connectivity index (χ1v) is 12.1. The van der Waals surface area contributed by atoms with Gasteiger partial charge in [-0.2, -0.15) is 0 Å². The average Bonchev–Trinajstić information content (AvgIpc) is 3.26. The molecule has 1 aromatic carbocycles. The van der Waals surface area contributed by atoms with Crippen LogP contribution >= 0.6 is 11.6 Å². The highest BCUT2D eigenvalue weighted by atomic mass is 35.5. The fourth-order valence-corrected chi connectivity index (χ4v) is 5.22. The third-order valence-corrected chi connectivity index (χ3v) is 7.10. The van der Waals surface area contributed by atoms with E-state index in [1.165, 1.54) is 43.5 Å². The van der Waals surface area contributed by atoms with Gasteiger partial charge in [-0.25, -0.2) is 17.2 Å². The van der Waals surface area contributed by atoms with Gasteiger partial charge in [0.05, 0.1) is 18.8 Å². The summed E-state index contributed by atoms with van der Waals surface area (Å²) in [5.41, 5.74) is -0.132. The second-order valence-electron chi connectivity index (χ2n) is 7.39. The van der Waals surface area contributed by atoms with Gasteiger partial charge in [-0.3, -0.25) is 14.5 Å². The Hall–Kier alpha value is -2.89. The third-order valence-electron chi connectivity index (χ3n) is 5.14. The van der Waals surface area contributed by atoms with Crippen LogP contribution in [0.1, 0.15) is 24.3 Å². The maximum Gasteiger partial charge on any atom is 0.355 e. The zero-order valence-electron chi connectivity index (χ0n) is 18.3. The Bertz CT molecular complexity index is 1160. The van der Waals surface area contributed by atoms with Gasteiger partial charge >= 0.3 is 5.97 Å². The van der Waals surface area contributed by atoms with E-state index in [0.717, 1.165) is 3.97 Å². The van der Waals surface area contributed by atoms with Gasteiger partial charge in [-0.05, 0) is 37.3 Å². The number of ether oxygens (including phenoxy) is 1. The minimum absolute atomic E-state index is 0.0117. The van der Waals surface area contributed by atoms with Crippen molar-refractivity contribution in [3.8, 4) is 0 Å². The number of carbonyl (C=O) groups excluding carboxylic acids is 3. The van der Waals surface area contributed by atoms with Gasteiger partial charge in [-0.15, -0.1) is 0 Å². The topological polar surface area (TPSA) is 118 Å². The van der Waals surface area contributed by atoms with E-state index in [1.807, 2.05) is 4.90 Å². The Labute approximate surface area is 197 Å². The van der Waals surface area contributed by atoms with Gasteiger partial charge in [-0.1, -0.05) is 11.6 Å². The molecule has 1 aliphatic heterocycles. The highest BCUT2D eigenvalue weighted by molar-refractivity contribution is 7.90. The molecule has 3 rings (SSSR count). The van der Waals surface area contributed by atoms with Crippen molar-refractivity contribution in [1.29, 1.82) is 0 Å². The first-order valence-electron chi connectivity index (χ1n) is 10.3. The number of rotatable bonds is 7. The van der Waals surface area contributed by atoms with E-state index in [4.69, 9.17) is 16.3 Å². The maximum absolute atomic E-state index is 13.4. The number of nitrogens with zero attached hydrogens (tertiary/aromatic N) is 3. The summed E-state index contributed by atoms with van der Waals surface area (Å²) in [4.78, 5) is 39.6. The molecule has 0 unspecified atom stereocenters. The molecule has 0 saturated carbocycles. The second kappa shape index (κ2) is 10.4. The zero-order chi connectivity index (χ0) is 24.2.